The van der Waals surface area contributed by atoms with Gasteiger partial charge in [0.2, 0.25) is 0 Å². The molecule has 1 saturated heterocycles. The SMILES string of the molecule is CCC1(C(=O)O)CCN(Cc2cccnc2C#N)CC1. The van der Waals surface area contributed by atoms with Crippen LogP contribution in [-0.4, -0.2) is 34.0 Å². The maximum absolute atomic E-state index is 11.4. The maximum Gasteiger partial charge on any atom is 0.309 e. The molecule has 0 spiro atoms. The van der Waals surface area contributed by atoms with E-state index in [4.69, 9.17) is 5.26 Å². The summed E-state index contributed by atoms with van der Waals surface area (Å²) in [4.78, 5) is 17.7. The topological polar surface area (TPSA) is 77.2 Å². The molecule has 1 aliphatic heterocycles. The number of carboxylic acids is 1. The fraction of sp³-hybridized carbons (Fsp3) is 0.533. The molecule has 0 aliphatic carbocycles. The molecule has 0 saturated carbocycles. The van der Waals surface area contributed by atoms with Gasteiger partial charge in [0.25, 0.3) is 0 Å². The molecule has 0 radical (unpaired) electrons. The molecule has 5 nitrogen and oxygen atoms in total. The van der Waals surface area contributed by atoms with E-state index in [9.17, 15) is 9.90 Å². The minimum absolute atomic E-state index is 0.457. The summed E-state index contributed by atoms with van der Waals surface area (Å²) >= 11 is 0. The van der Waals surface area contributed by atoms with Crippen LogP contribution in [0, 0.1) is 16.7 Å². The molecular weight excluding hydrogens is 254 g/mol. The number of rotatable bonds is 4. The molecule has 0 bridgehead atoms. The number of hydrogen-bond acceptors (Lipinski definition) is 4. The predicted octanol–water partition coefficient (Wildman–Crippen LogP) is 2.03. The van der Waals surface area contributed by atoms with Crippen molar-refractivity contribution in [3.05, 3.63) is 29.6 Å². The van der Waals surface area contributed by atoms with Gasteiger partial charge >= 0.3 is 5.97 Å². The first-order valence-electron chi connectivity index (χ1n) is 6.91. The molecular formula is C15H19N3O2. The van der Waals surface area contributed by atoms with Gasteiger partial charge in [-0.1, -0.05) is 13.0 Å². The summed E-state index contributed by atoms with van der Waals surface area (Å²) in [6.45, 7) is 4.11. The third-order valence-electron chi connectivity index (χ3n) is 4.33. The molecule has 2 rings (SSSR count). The lowest BCUT2D eigenvalue weighted by molar-refractivity contribution is -0.152. The van der Waals surface area contributed by atoms with Crippen LogP contribution in [0.2, 0.25) is 0 Å². The average molecular weight is 273 g/mol. The highest BCUT2D eigenvalue weighted by Gasteiger charge is 2.39. The molecule has 1 aromatic rings. The molecule has 1 aliphatic rings. The molecule has 1 fully saturated rings. The lowest BCUT2D eigenvalue weighted by Crippen LogP contribution is -2.43. The van der Waals surface area contributed by atoms with Crippen molar-refractivity contribution in [2.45, 2.75) is 32.7 Å². The number of nitriles is 1. The number of nitrogens with zero attached hydrogens (tertiary/aromatic N) is 3. The lowest BCUT2D eigenvalue weighted by atomic mass is 9.76. The second kappa shape index (κ2) is 6.02. The summed E-state index contributed by atoms with van der Waals surface area (Å²) in [6.07, 6.45) is 3.62. The third-order valence-corrected chi connectivity index (χ3v) is 4.33. The first kappa shape index (κ1) is 14.5. The Balaban J connectivity index is 2.02. The van der Waals surface area contributed by atoms with Gasteiger partial charge < -0.3 is 5.11 Å². The number of carboxylic acid groups (broad SMARTS) is 1. The van der Waals surface area contributed by atoms with Gasteiger partial charge in [0.1, 0.15) is 11.8 Å². The summed E-state index contributed by atoms with van der Waals surface area (Å²) in [5, 5.41) is 18.4. The highest BCUT2D eigenvalue weighted by molar-refractivity contribution is 5.74. The normalized spacial score (nSPS) is 18.4. The van der Waals surface area contributed by atoms with E-state index in [-0.39, 0.29) is 0 Å². The van der Waals surface area contributed by atoms with Crippen LogP contribution >= 0.6 is 0 Å². The van der Waals surface area contributed by atoms with E-state index in [2.05, 4.69) is 16.0 Å². The van der Waals surface area contributed by atoms with Gasteiger partial charge in [0.15, 0.2) is 0 Å². The molecule has 0 atom stereocenters. The molecule has 1 aromatic heterocycles. The van der Waals surface area contributed by atoms with Crippen LogP contribution in [0.4, 0.5) is 0 Å². The number of aliphatic carboxylic acids is 1. The van der Waals surface area contributed by atoms with Gasteiger partial charge in [-0.25, -0.2) is 4.98 Å². The fourth-order valence-electron chi connectivity index (χ4n) is 2.77. The second-order valence-electron chi connectivity index (χ2n) is 5.34. The van der Waals surface area contributed by atoms with E-state index in [0.717, 1.165) is 18.7 Å². The zero-order valence-electron chi connectivity index (χ0n) is 11.7. The Hall–Kier alpha value is -1.93. The van der Waals surface area contributed by atoms with Crippen molar-refractivity contribution < 1.29 is 9.90 Å². The van der Waals surface area contributed by atoms with Crippen LogP contribution in [0.25, 0.3) is 0 Å². The van der Waals surface area contributed by atoms with Crippen molar-refractivity contribution in [1.82, 2.24) is 9.88 Å². The van der Waals surface area contributed by atoms with Crippen LogP contribution in [0.5, 0.6) is 0 Å². The predicted molar refractivity (Wildman–Crippen MR) is 73.8 cm³/mol. The molecule has 0 amide bonds. The van der Waals surface area contributed by atoms with Gasteiger partial charge in [-0.15, -0.1) is 0 Å². The highest BCUT2D eigenvalue weighted by Crippen LogP contribution is 2.35. The van der Waals surface area contributed by atoms with Crippen LogP contribution in [0.1, 0.15) is 37.4 Å². The van der Waals surface area contributed by atoms with E-state index in [1.807, 2.05) is 19.1 Å². The van der Waals surface area contributed by atoms with Gasteiger partial charge in [-0.2, -0.15) is 5.26 Å². The number of hydrogen-bond donors (Lipinski definition) is 1. The highest BCUT2D eigenvalue weighted by atomic mass is 16.4. The van der Waals surface area contributed by atoms with E-state index in [1.165, 1.54) is 0 Å². The summed E-state index contributed by atoms with van der Waals surface area (Å²) in [5.41, 5.74) is 0.802. The Morgan fingerprint density at radius 3 is 2.80 bits per heavy atom. The molecule has 106 valence electrons. The van der Waals surface area contributed by atoms with E-state index in [0.29, 0.717) is 31.5 Å². The van der Waals surface area contributed by atoms with Gasteiger partial charge in [-0.3, -0.25) is 9.69 Å². The molecule has 20 heavy (non-hydrogen) atoms. The summed E-state index contributed by atoms with van der Waals surface area (Å²) in [6, 6.07) is 5.83. The van der Waals surface area contributed by atoms with Gasteiger partial charge in [-0.05, 0) is 38.4 Å². The largest absolute Gasteiger partial charge is 0.481 e. The Labute approximate surface area is 118 Å². The van der Waals surface area contributed by atoms with Crippen molar-refractivity contribution >= 4 is 5.97 Å². The number of likely N-dealkylation sites (tertiary alicyclic amines) is 1. The number of carbonyl (C=O) groups is 1. The van der Waals surface area contributed by atoms with Crippen LogP contribution in [-0.2, 0) is 11.3 Å². The monoisotopic (exact) mass is 273 g/mol. The fourth-order valence-corrected chi connectivity index (χ4v) is 2.77. The van der Waals surface area contributed by atoms with Crippen molar-refractivity contribution in [3.8, 4) is 6.07 Å². The molecule has 0 aromatic carbocycles. The lowest BCUT2D eigenvalue weighted by Gasteiger charge is -2.38. The van der Waals surface area contributed by atoms with E-state index < -0.39 is 11.4 Å². The second-order valence-corrected chi connectivity index (χ2v) is 5.34. The van der Waals surface area contributed by atoms with Crippen LogP contribution in [0.3, 0.4) is 0 Å². The van der Waals surface area contributed by atoms with Crippen LogP contribution < -0.4 is 0 Å². The maximum atomic E-state index is 11.4. The number of aromatic nitrogens is 1. The first-order valence-corrected chi connectivity index (χ1v) is 6.91. The molecule has 5 heteroatoms. The number of piperidine rings is 1. The quantitative estimate of drug-likeness (QED) is 0.908. The van der Waals surface area contributed by atoms with Crippen molar-refractivity contribution in [1.29, 1.82) is 5.26 Å². The zero-order chi connectivity index (χ0) is 14.6. The summed E-state index contributed by atoms with van der Waals surface area (Å²) in [5.74, 6) is -0.682. The van der Waals surface area contributed by atoms with E-state index in [1.54, 1.807) is 6.20 Å². The average Bonchev–Trinajstić information content (AvgIpc) is 2.48. The van der Waals surface area contributed by atoms with Crippen molar-refractivity contribution in [3.63, 3.8) is 0 Å². The number of pyridine rings is 1. The summed E-state index contributed by atoms with van der Waals surface area (Å²) in [7, 11) is 0. The minimum atomic E-state index is -0.682. The minimum Gasteiger partial charge on any atom is -0.481 e. The standard InChI is InChI=1S/C15H19N3O2/c1-2-15(14(19)20)5-8-18(9-6-15)11-12-4-3-7-17-13(12)10-16/h3-4,7H,2,5-6,8-9,11H2,1H3,(H,19,20). The Kier molecular flexibility index (Phi) is 4.35. The Morgan fingerprint density at radius 2 is 2.25 bits per heavy atom. The zero-order valence-corrected chi connectivity index (χ0v) is 11.7. The Bertz CT molecular complexity index is 528. The van der Waals surface area contributed by atoms with Crippen molar-refractivity contribution in [2.24, 2.45) is 5.41 Å². The Morgan fingerprint density at radius 1 is 1.55 bits per heavy atom. The van der Waals surface area contributed by atoms with Crippen molar-refractivity contribution in [2.75, 3.05) is 13.1 Å². The van der Waals surface area contributed by atoms with Gasteiger partial charge in [0.05, 0.1) is 5.41 Å². The summed E-state index contributed by atoms with van der Waals surface area (Å²) < 4.78 is 0. The molecule has 2 heterocycles. The van der Waals surface area contributed by atoms with E-state index >= 15 is 0 Å². The first-order chi connectivity index (χ1) is 9.61. The molecule has 1 N–H and O–H groups in total. The third kappa shape index (κ3) is 2.81. The molecule has 0 unspecified atom stereocenters. The smallest absolute Gasteiger partial charge is 0.309 e. The van der Waals surface area contributed by atoms with Crippen LogP contribution in [0.15, 0.2) is 18.3 Å². The van der Waals surface area contributed by atoms with Gasteiger partial charge in [0, 0.05) is 18.3 Å².